The summed E-state index contributed by atoms with van der Waals surface area (Å²) in [6.07, 6.45) is -7.14. The molecule has 0 spiro atoms. The van der Waals surface area contributed by atoms with E-state index in [1.165, 1.54) is 12.1 Å². The molecule has 0 amide bonds. The lowest BCUT2D eigenvalue weighted by atomic mass is 10.1. The summed E-state index contributed by atoms with van der Waals surface area (Å²) >= 11 is 0. The van der Waals surface area contributed by atoms with Gasteiger partial charge in [0, 0.05) is 23.5 Å². The topological polar surface area (TPSA) is 88.3 Å². The fourth-order valence-electron chi connectivity index (χ4n) is 2.36. The van der Waals surface area contributed by atoms with E-state index in [-0.39, 0.29) is 0 Å². The van der Waals surface area contributed by atoms with E-state index < -0.39 is 23.9 Å². The lowest BCUT2D eigenvalue weighted by Gasteiger charge is -2.09. The van der Waals surface area contributed by atoms with E-state index in [2.05, 4.69) is 4.98 Å². The molecule has 162 valence electrons. The number of aromatic nitrogens is 1. The number of halogens is 6. The van der Waals surface area contributed by atoms with Crippen molar-refractivity contribution in [1.29, 1.82) is 0 Å². The van der Waals surface area contributed by atoms with Gasteiger partial charge in [-0.2, -0.15) is 26.3 Å². The number of alkyl halides is 6. The van der Waals surface area contributed by atoms with Gasteiger partial charge in [0.25, 0.3) is 0 Å². The summed E-state index contributed by atoms with van der Waals surface area (Å²) in [5.74, 6) is -2.08. The Bertz CT molecular complexity index is 994. The zero-order valence-electron chi connectivity index (χ0n) is 15.1. The maximum absolute atomic E-state index is 12.5. The van der Waals surface area contributed by atoms with Crippen LogP contribution in [0.3, 0.4) is 0 Å². The molecule has 0 saturated heterocycles. The van der Waals surface area contributed by atoms with E-state index in [0.29, 0.717) is 24.5 Å². The minimum atomic E-state index is -5.08. The van der Waals surface area contributed by atoms with Crippen molar-refractivity contribution in [2.75, 3.05) is 12.3 Å². The molecule has 1 aromatic heterocycles. The molecule has 0 fully saturated rings. The number of anilines is 1. The highest BCUT2D eigenvalue weighted by Crippen LogP contribution is 2.29. The van der Waals surface area contributed by atoms with Gasteiger partial charge in [0.05, 0.1) is 17.9 Å². The second-order valence-electron chi connectivity index (χ2n) is 6.05. The van der Waals surface area contributed by atoms with Crippen molar-refractivity contribution in [3.05, 3.63) is 59.8 Å². The van der Waals surface area contributed by atoms with Crippen LogP contribution in [0.4, 0.5) is 32.0 Å². The molecule has 0 aliphatic heterocycles. The first kappa shape index (κ1) is 22.9. The van der Waals surface area contributed by atoms with Gasteiger partial charge in [0.15, 0.2) is 0 Å². The summed E-state index contributed by atoms with van der Waals surface area (Å²) in [6.45, 7) is 0.376. The van der Waals surface area contributed by atoms with Crippen LogP contribution < -0.4 is 10.5 Å². The molecule has 0 bridgehead atoms. The molecule has 2 aromatic carbocycles. The molecule has 0 saturated carbocycles. The number of carboxylic acid groups (broad SMARTS) is 1. The Morgan fingerprint density at radius 3 is 2.17 bits per heavy atom. The first-order chi connectivity index (χ1) is 13.9. The van der Waals surface area contributed by atoms with Crippen LogP contribution in [0.1, 0.15) is 11.1 Å². The number of fused-ring (bicyclic) bond motifs is 1. The number of benzene rings is 2. The van der Waals surface area contributed by atoms with Crippen LogP contribution in [-0.2, 0) is 17.4 Å². The molecule has 0 atom stereocenters. The van der Waals surface area contributed by atoms with E-state index >= 15 is 0 Å². The van der Waals surface area contributed by atoms with E-state index in [1.807, 2.05) is 18.2 Å². The van der Waals surface area contributed by atoms with Gasteiger partial charge in [-0.3, -0.25) is 0 Å². The highest BCUT2D eigenvalue weighted by molar-refractivity contribution is 5.92. The molecular formula is C19H16F6N2O3. The monoisotopic (exact) mass is 434 g/mol. The van der Waals surface area contributed by atoms with Crippen LogP contribution in [0.15, 0.2) is 48.7 Å². The fraction of sp³-hybridized carbons (Fsp3) is 0.211. The molecule has 0 radical (unpaired) electrons. The first-order valence-electron chi connectivity index (χ1n) is 8.33. The van der Waals surface area contributed by atoms with E-state index in [4.69, 9.17) is 20.4 Å². The maximum atomic E-state index is 12.5. The lowest BCUT2D eigenvalue weighted by molar-refractivity contribution is -0.192. The Kier molecular flexibility index (Phi) is 6.85. The Labute approximate surface area is 166 Å². The van der Waals surface area contributed by atoms with Crippen molar-refractivity contribution in [1.82, 2.24) is 4.98 Å². The SMILES string of the molecule is Nc1c[nH]c2ccc(OCCc3ccc(C(F)(F)F)cc3)cc12.O=C(O)C(F)(F)F. The molecule has 3 rings (SSSR count). The molecule has 30 heavy (non-hydrogen) atoms. The van der Waals surface area contributed by atoms with Crippen LogP contribution in [0.5, 0.6) is 5.75 Å². The highest BCUT2D eigenvalue weighted by atomic mass is 19.4. The quantitative estimate of drug-likeness (QED) is 0.503. The summed E-state index contributed by atoms with van der Waals surface area (Å²) in [5, 5.41) is 8.01. The summed E-state index contributed by atoms with van der Waals surface area (Å²) in [5.41, 5.74) is 7.56. The number of nitrogens with two attached hydrogens (primary N) is 1. The molecule has 11 heteroatoms. The molecule has 3 aromatic rings. The third-order valence-electron chi connectivity index (χ3n) is 3.87. The van der Waals surface area contributed by atoms with Gasteiger partial charge in [0.1, 0.15) is 5.75 Å². The number of carboxylic acids is 1. The van der Waals surface area contributed by atoms with Gasteiger partial charge in [-0.15, -0.1) is 0 Å². The second kappa shape index (κ2) is 8.97. The predicted molar refractivity (Wildman–Crippen MR) is 97.0 cm³/mol. The van der Waals surface area contributed by atoms with Crippen molar-refractivity contribution in [3.8, 4) is 5.75 Å². The number of H-pyrrole nitrogens is 1. The molecule has 0 unspecified atom stereocenters. The number of hydrogen-bond donors (Lipinski definition) is 3. The number of nitrogen functional groups attached to an aromatic ring is 1. The Morgan fingerprint density at radius 2 is 1.63 bits per heavy atom. The minimum Gasteiger partial charge on any atom is -0.493 e. The number of nitrogens with one attached hydrogen (secondary N) is 1. The number of aromatic amines is 1. The van der Waals surface area contributed by atoms with Crippen molar-refractivity contribution in [3.63, 3.8) is 0 Å². The number of carbonyl (C=O) groups is 1. The van der Waals surface area contributed by atoms with Crippen LogP contribution in [0.2, 0.25) is 0 Å². The van der Waals surface area contributed by atoms with Gasteiger partial charge >= 0.3 is 18.3 Å². The van der Waals surface area contributed by atoms with Crippen molar-refractivity contribution in [2.45, 2.75) is 18.8 Å². The van der Waals surface area contributed by atoms with Gasteiger partial charge in [-0.25, -0.2) is 4.79 Å². The van der Waals surface area contributed by atoms with Crippen LogP contribution in [0.25, 0.3) is 10.9 Å². The predicted octanol–water partition coefficient (Wildman–Crippen LogP) is 5.02. The normalized spacial score (nSPS) is 11.7. The van der Waals surface area contributed by atoms with Crippen LogP contribution >= 0.6 is 0 Å². The van der Waals surface area contributed by atoms with Crippen molar-refractivity contribution >= 4 is 22.6 Å². The maximum Gasteiger partial charge on any atom is 0.490 e. The Morgan fingerprint density at radius 1 is 1.03 bits per heavy atom. The zero-order valence-corrected chi connectivity index (χ0v) is 15.1. The average Bonchev–Trinajstić information content (AvgIpc) is 3.02. The van der Waals surface area contributed by atoms with Gasteiger partial charge in [-0.05, 0) is 35.9 Å². The Balaban J connectivity index is 0.000000396. The summed E-state index contributed by atoms with van der Waals surface area (Å²) in [4.78, 5) is 11.9. The Hall–Kier alpha value is -3.37. The molecule has 4 N–H and O–H groups in total. The van der Waals surface area contributed by atoms with Crippen LogP contribution in [-0.4, -0.2) is 28.8 Å². The third-order valence-corrected chi connectivity index (χ3v) is 3.87. The molecule has 1 heterocycles. The minimum absolute atomic E-state index is 0.376. The molecule has 5 nitrogen and oxygen atoms in total. The number of aliphatic carboxylic acids is 1. The number of rotatable bonds is 4. The molecule has 0 aliphatic rings. The molecular weight excluding hydrogens is 418 g/mol. The average molecular weight is 434 g/mol. The van der Waals surface area contributed by atoms with E-state index in [0.717, 1.165) is 28.6 Å². The summed E-state index contributed by atoms with van der Waals surface area (Å²) < 4.78 is 74.9. The lowest BCUT2D eigenvalue weighted by Crippen LogP contribution is -2.21. The number of ether oxygens (including phenoxy) is 1. The highest BCUT2D eigenvalue weighted by Gasteiger charge is 2.38. The summed E-state index contributed by atoms with van der Waals surface area (Å²) in [7, 11) is 0. The zero-order chi connectivity index (χ0) is 22.5. The second-order valence-corrected chi connectivity index (χ2v) is 6.05. The number of hydrogen-bond acceptors (Lipinski definition) is 3. The third kappa shape index (κ3) is 6.33. The molecule has 0 aliphatic carbocycles. The van der Waals surface area contributed by atoms with Crippen molar-refractivity contribution < 1.29 is 41.0 Å². The van der Waals surface area contributed by atoms with E-state index in [1.54, 1.807) is 6.20 Å². The standard InChI is InChI=1S/C17H15F3N2O.C2HF3O2/c18-17(19,20)12-3-1-11(2-4-12)7-8-23-13-5-6-16-14(9-13)15(21)10-22-16;3-2(4,5)1(6)7/h1-6,9-10,22H,7-8,21H2;(H,6,7). The first-order valence-corrected chi connectivity index (χ1v) is 8.33. The van der Waals surface area contributed by atoms with E-state index in [9.17, 15) is 26.3 Å². The van der Waals surface area contributed by atoms with Crippen LogP contribution in [0, 0.1) is 0 Å². The largest absolute Gasteiger partial charge is 0.493 e. The summed E-state index contributed by atoms with van der Waals surface area (Å²) in [6, 6.07) is 10.7. The fourth-order valence-corrected chi connectivity index (χ4v) is 2.36. The van der Waals surface area contributed by atoms with Gasteiger partial charge in [-0.1, -0.05) is 12.1 Å². The van der Waals surface area contributed by atoms with Gasteiger partial charge in [0.2, 0.25) is 0 Å². The van der Waals surface area contributed by atoms with Crippen molar-refractivity contribution in [2.24, 2.45) is 0 Å². The smallest absolute Gasteiger partial charge is 0.490 e. The van der Waals surface area contributed by atoms with Gasteiger partial charge < -0.3 is 20.6 Å².